The Balaban J connectivity index is 2.33. The molecule has 0 aromatic heterocycles. The molecule has 2 aromatic rings. The minimum atomic E-state index is -1.12. The summed E-state index contributed by atoms with van der Waals surface area (Å²) in [4.78, 5) is 35.5. The molecule has 0 saturated heterocycles. The highest BCUT2D eigenvalue weighted by molar-refractivity contribution is 14.1. The Bertz CT molecular complexity index is 992. The molecule has 10 heteroatoms. The monoisotopic (exact) mass is 554 g/mol. The van der Waals surface area contributed by atoms with E-state index >= 15 is 0 Å². The number of ether oxygens (including phenoxy) is 2. The summed E-state index contributed by atoms with van der Waals surface area (Å²) in [7, 11) is 0. The van der Waals surface area contributed by atoms with Gasteiger partial charge in [0.15, 0.2) is 11.9 Å². The number of halogens is 1. The van der Waals surface area contributed by atoms with Crippen LogP contribution in [0, 0.1) is 3.57 Å². The lowest BCUT2D eigenvalue weighted by Gasteiger charge is -2.26. The molecular weight excluding hydrogens is 531 g/mol. The second-order valence-electron chi connectivity index (χ2n) is 6.54. The third-order valence-electron chi connectivity index (χ3n) is 4.27. The lowest BCUT2D eigenvalue weighted by molar-refractivity contribution is -0.124. The van der Waals surface area contributed by atoms with E-state index in [1.165, 1.54) is 24.5 Å². The van der Waals surface area contributed by atoms with Crippen LogP contribution in [-0.2, 0) is 14.3 Å². The average molecular weight is 554 g/mol. The maximum atomic E-state index is 12.6. The van der Waals surface area contributed by atoms with E-state index in [2.05, 4.69) is 5.32 Å². The molecule has 0 aliphatic rings. The molecule has 2 rings (SSSR count). The summed E-state index contributed by atoms with van der Waals surface area (Å²) in [6.07, 6.45) is -0.571. The highest BCUT2D eigenvalue weighted by atomic mass is 127. The summed E-state index contributed by atoms with van der Waals surface area (Å²) in [6.45, 7) is 3.37. The van der Waals surface area contributed by atoms with E-state index in [1.807, 2.05) is 22.6 Å². The van der Waals surface area contributed by atoms with Crippen molar-refractivity contribution in [2.75, 3.05) is 11.9 Å². The third kappa shape index (κ3) is 7.32. The first-order valence-corrected chi connectivity index (χ1v) is 10.6. The number of hydrogen-bond acceptors (Lipinski definition) is 7. The number of amides is 2. The minimum absolute atomic E-state index is 0.105. The largest absolute Gasteiger partial charge is 0.508 e. The summed E-state index contributed by atoms with van der Waals surface area (Å²) in [5.74, 6) is -1.03. The van der Waals surface area contributed by atoms with Crippen molar-refractivity contribution in [1.82, 2.24) is 5.48 Å². The molecule has 170 valence electrons. The van der Waals surface area contributed by atoms with Crippen molar-refractivity contribution in [3.8, 4) is 5.75 Å². The molecule has 0 fully saturated rings. The zero-order valence-corrected chi connectivity index (χ0v) is 19.5. The average Bonchev–Trinajstić information content (AvgIpc) is 2.77. The molecule has 2 atom stereocenters. The second kappa shape index (κ2) is 12.2. The standard InChI is InChI=1S/C22H23IN2O7/c1-3-31-19(10-11-20(28)25-30)21(17-12-15(23)6-9-18(17)27)32-22(29)24-16-7-4-14(5-8-16)13(2)26/h4-12,19,21,27,30H,3H2,1-2H3,(H,24,29)(H,25,28)/b11-10+/t19-,21-/m0/s1. The number of hydrogen-bond donors (Lipinski definition) is 4. The van der Waals surface area contributed by atoms with Crippen LogP contribution in [0.4, 0.5) is 10.5 Å². The zero-order valence-electron chi connectivity index (χ0n) is 17.4. The Kier molecular flexibility index (Phi) is 9.62. The first-order valence-electron chi connectivity index (χ1n) is 9.56. The van der Waals surface area contributed by atoms with E-state index in [4.69, 9.17) is 14.7 Å². The van der Waals surface area contributed by atoms with Crippen LogP contribution in [0.15, 0.2) is 54.6 Å². The Morgan fingerprint density at radius 2 is 1.84 bits per heavy atom. The first kappa shape index (κ1) is 25.3. The van der Waals surface area contributed by atoms with Crippen molar-refractivity contribution in [2.24, 2.45) is 0 Å². The van der Waals surface area contributed by atoms with Crippen LogP contribution in [-0.4, -0.2) is 40.8 Å². The number of phenolic OH excluding ortho intramolecular Hbond substituents is 1. The Labute approximate surface area is 198 Å². The minimum Gasteiger partial charge on any atom is -0.508 e. The van der Waals surface area contributed by atoms with Gasteiger partial charge in [0, 0.05) is 33.1 Å². The Morgan fingerprint density at radius 1 is 1.16 bits per heavy atom. The molecule has 0 saturated carbocycles. The van der Waals surface area contributed by atoms with Gasteiger partial charge in [-0.05, 0) is 85.0 Å². The van der Waals surface area contributed by atoms with Gasteiger partial charge in [-0.2, -0.15) is 0 Å². The molecule has 4 N–H and O–H groups in total. The number of ketones is 1. The van der Waals surface area contributed by atoms with Gasteiger partial charge in [0.1, 0.15) is 11.9 Å². The summed E-state index contributed by atoms with van der Waals surface area (Å²) in [6, 6.07) is 11.0. The number of nitrogens with one attached hydrogen (secondary N) is 2. The SMILES string of the molecule is CCO[C@@H](/C=C/C(=O)NO)[C@@H](OC(=O)Nc1ccc(C(C)=O)cc1)c1cc(I)ccc1O. The van der Waals surface area contributed by atoms with Gasteiger partial charge in [0.25, 0.3) is 5.91 Å². The van der Waals surface area contributed by atoms with Gasteiger partial charge in [0.2, 0.25) is 0 Å². The molecule has 0 radical (unpaired) electrons. The molecule has 0 unspecified atom stereocenters. The fraction of sp³-hybridized carbons (Fsp3) is 0.227. The number of carbonyl (C=O) groups is 3. The lowest BCUT2D eigenvalue weighted by atomic mass is 10.0. The maximum Gasteiger partial charge on any atom is 0.412 e. The van der Waals surface area contributed by atoms with E-state index in [0.29, 0.717) is 11.3 Å². The van der Waals surface area contributed by atoms with Crippen molar-refractivity contribution in [1.29, 1.82) is 0 Å². The number of rotatable bonds is 9. The van der Waals surface area contributed by atoms with Crippen LogP contribution in [0.2, 0.25) is 0 Å². The summed E-state index contributed by atoms with van der Waals surface area (Å²) in [5, 5.41) is 21.7. The highest BCUT2D eigenvalue weighted by Gasteiger charge is 2.29. The second-order valence-corrected chi connectivity index (χ2v) is 7.79. The Morgan fingerprint density at radius 3 is 2.44 bits per heavy atom. The number of anilines is 1. The Hall–Kier alpha value is -2.96. The van der Waals surface area contributed by atoms with E-state index in [-0.39, 0.29) is 23.7 Å². The first-order chi connectivity index (χ1) is 15.2. The van der Waals surface area contributed by atoms with Crippen molar-refractivity contribution >= 4 is 46.1 Å². The smallest absolute Gasteiger partial charge is 0.412 e. The lowest BCUT2D eigenvalue weighted by Crippen LogP contribution is -2.28. The van der Waals surface area contributed by atoms with Crippen molar-refractivity contribution in [3.63, 3.8) is 0 Å². The topological polar surface area (TPSA) is 134 Å². The van der Waals surface area contributed by atoms with Gasteiger partial charge >= 0.3 is 6.09 Å². The van der Waals surface area contributed by atoms with Crippen molar-refractivity contribution in [2.45, 2.75) is 26.1 Å². The van der Waals surface area contributed by atoms with Gasteiger partial charge in [-0.25, -0.2) is 10.3 Å². The number of phenols is 1. The van der Waals surface area contributed by atoms with Crippen LogP contribution >= 0.6 is 22.6 Å². The molecule has 0 aliphatic heterocycles. The molecule has 0 heterocycles. The molecule has 2 aromatic carbocycles. The fourth-order valence-corrected chi connectivity index (χ4v) is 3.28. The zero-order chi connectivity index (χ0) is 23.7. The van der Waals surface area contributed by atoms with E-state index < -0.39 is 24.2 Å². The number of aromatic hydroxyl groups is 1. The van der Waals surface area contributed by atoms with Crippen molar-refractivity contribution in [3.05, 3.63) is 69.3 Å². The predicted octanol–water partition coefficient (Wildman–Crippen LogP) is 3.96. The summed E-state index contributed by atoms with van der Waals surface area (Å²) >= 11 is 2.05. The van der Waals surface area contributed by atoms with E-state index in [1.54, 1.807) is 43.3 Å². The van der Waals surface area contributed by atoms with Crippen LogP contribution in [0.25, 0.3) is 0 Å². The number of Topliss-reactive ketones (excluding diaryl/α,β-unsaturated/α-hetero) is 1. The number of carbonyl (C=O) groups excluding carboxylic acids is 3. The molecule has 2 amide bonds. The number of hydroxylamine groups is 1. The van der Waals surface area contributed by atoms with Gasteiger partial charge in [-0.1, -0.05) is 0 Å². The normalized spacial score (nSPS) is 12.8. The van der Waals surface area contributed by atoms with E-state index in [9.17, 15) is 19.5 Å². The van der Waals surface area contributed by atoms with Gasteiger partial charge in [-0.15, -0.1) is 0 Å². The summed E-state index contributed by atoms with van der Waals surface area (Å²) < 4.78 is 12.0. The van der Waals surface area contributed by atoms with Crippen LogP contribution in [0.1, 0.15) is 35.9 Å². The fourth-order valence-electron chi connectivity index (χ4n) is 2.77. The van der Waals surface area contributed by atoms with Crippen LogP contribution in [0.5, 0.6) is 5.75 Å². The van der Waals surface area contributed by atoms with Gasteiger partial charge in [0.05, 0.1) is 0 Å². The van der Waals surface area contributed by atoms with Crippen LogP contribution < -0.4 is 10.8 Å². The predicted molar refractivity (Wildman–Crippen MR) is 125 cm³/mol. The van der Waals surface area contributed by atoms with Crippen molar-refractivity contribution < 1.29 is 34.2 Å². The molecule has 32 heavy (non-hydrogen) atoms. The highest BCUT2D eigenvalue weighted by Crippen LogP contribution is 2.33. The van der Waals surface area contributed by atoms with Gasteiger partial charge < -0.3 is 14.6 Å². The molecular formula is C22H23IN2O7. The quantitative estimate of drug-likeness (QED) is 0.121. The molecule has 0 bridgehead atoms. The van der Waals surface area contributed by atoms with Gasteiger partial charge in [-0.3, -0.25) is 20.1 Å². The molecule has 9 nitrogen and oxygen atoms in total. The summed E-state index contributed by atoms with van der Waals surface area (Å²) in [5.41, 5.74) is 2.63. The molecule has 0 aliphatic carbocycles. The third-order valence-corrected chi connectivity index (χ3v) is 4.94. The maximum absolute atomic E-state index is 12.6. The van der Waals surface area contributed by atoms with Crippen LogP contribution in [0.3, 0.4) is 0 Å². The number of benzene rings is 2. The van der Waals surface area contributed by atoms with E-state index in [0.717, 1.165) is 9.65 Å². The molecule has 0 spiro atoms.